The van der Waals surface area contributed by atoms with Crippen LogP contribution in [0.15, 0.2) is 36.4 Å². The van der Waals surface area contributed by atoms with Crippen molar-refractivity contribution in [2.75, 3.05) is 7.11 Å². The maximum Gasteiger partial charge on any atom is 0.213 e. The van der Waals surface area contributed by atoms with Crippen LogP contribution < -0.4 is 15.2 Å². The highest BCUT2D eigenvalue weighted by Gasteiger charge is 2.03. The summed E-state index contributed by atoms with van der Waals surface area (Å²) in [6.45, 7) is 0.510. The molecule has 0 aliphatic rings. The predicted molar refractivity (Wildman–Crippen MR) is 69.4 cm³/mol. The van der Waals surface area contributed by atoms with Crippen LogP contribution in [0.4, 0.5) is 4.39 Å². The van der Waals surface area contributed by atoms with E-state index in [1.165, 1.54) is 12.1 Å². The van der Waals surface area contributed by atoms with E-state index in [1.54, 1.807) is 19.2 Å². The number of hydrogen-bond donors (Lipinski definition) is 1. The van der Waals surface area contributed by atoms with E-state index in [0.717, 1.165) is 0 Å². The van der Waals surface area contributed by atoms with Crippen LogP contribution in [0.2, 0.25) is 0 Å². The monoisotopic (exact) mass is 262 g/mol. The van der Waals surface area contributed by atoms with Gasteiger partial charge in [-0.2, -0.15) is 0 Å². The molecule has 2 aromatic rings. The Bertz CT molecular complexity index is 561. The number of rotatable bonds is 5. The Hall–Kier alpha value is -2.14. The first-order chi connectivity index (χ1) is 9.21. The lowest BCUT2D eigenvalue weighted by Gasteiger charge is -2.08. The third-order valence-corrected chi connectivity index (χ3v) is 2.54. The van der Waals surface area contributed by atoms with E-state index < -0.39 is 0 Å². The van der Waals surface area contributed by atoms with Crippen molar-refractivity contribution in [3.63, 3.8) is 0 Å². The maximum atomic E-state index is 13.3. The summed E-state index contributed by atoms with van der Waals surface area (Å²) in [4.78, 5) is 4.21. The number of ether oxygens (including phenoxy) is 2. The molecule has 0 saturated heterocycles. The van der Waals surface area contributed by atoms with E-state index in [4.69, 9.17) is 15.2 Å². The summed E-state index contributed by atoms with van der Waals surface area (Å²) in [5.41, 5.74) is 6.88. The van der Waals surface area contributed by atoms with Crippen LogP contribution in [-0.2, 0) is 13.2 Å². The normalized spacial score (nSPS) is 10.3. The van der Waals surface area contributed by atoms with Gasteiger partial charge >= 0.3 is 0 Å². The second-order valence-corrected chi connectivity index (χ2v) is 3.96. The topological polar surface area (TPSA) is 57.4 Å². The van der Waals surface area contributed by atoms with Crippen molar-refractivity contribution in [2.24, 2.45) is 5.73 Å². The molecule has 100 valence electrons. The summed E-state index contributed by atoms with van der Waals surface area (Å²) in [5, 5.41) is 0. The summed E-state index contributed by atoms with van der Waals surface area (Å²) < 4.78 is 23.8. The minimum absolute atomic E-state index is 0.241. The van der Waals surface area contributed by atoms with Gasteiger partial charge in [0.05, 0.1) is 12.8 Å². The lowest BCUT2D eigenvalue weighted by molar-refractivity contribution is 0.296. The molecule has 0 amide bonds. The van der Waals surface area contributed by atoms with Crippen LogP contribution in [0, 0.1) is 5.82 Å². The average molecular weight is 262 g/mol. The van der Waals surface area contributed by atoms with Crippen molar-refractivity contribution in [3.05, 3.63) is 53.5 Å². The van der Waals surface area contributed by atoms with Gasteiger partial charge in [-0.1, -0.05) is 6.07 Å². The van der Waals surface area contributed by atoms with Crippen LogP contribution in [0.5, 0.6) is 11.6 Å². The zero-order chi connectivity index (χ0) is 13.7. The molecule has 0 atom stereocenters. The standard InChI is InChI=1S/C14H15FN2O2/c1-18-14-4-2-3-12(17-14)9-19-13-6-10(8-16)5-11(15)7-13/h2-7H,8-9,16H2,1H3. The quantitative estimate of drug-likeness (QED) is 0.898. The van der Waals surface area contributed by atoms with E-state index in [-0.39, 0.29) is 19.0 Å². The number of methoxy groups -OCH3 is 1. The number of hydrogen-bond acceptors (Lipinski definition) is 4. The van der Waals surface area contributed by atoms with Crippen LogP contribution >= 0.6 is 0 Å². The largest absolute Gasteiger partial charge is 0.487 e. The lowest BCUT2D eigenvalue weighted by Crippen LogP contribution is -2.02. The van der Waals surface area contributed by atoms with Gasteiger partial charge in [0.25, 0.3) is 0 Å². The fourth-order valence-electron chi connectivity index (χ4n) is 1.63. The fraction of sp³-hybridized carbons (Fsp3) is 0.214. The van der Waals surface area contributed by atoms with Crippen molar-refractivity contribution in [1.82, 2.24) is 4.98 Å². The average Bonchev–Trinajstić information content (AvgIpc) is 2.44. The van der Waals surface area contributed by atoms with Gasteiger partial charge in [0.2, 0.25) is 5.88 Å². The van der Waals surface area contributed by atoms with Gasteiger partial charge in [0.1, 0.15) is 18.2 Å². The Morgan fingerprint density at radius 1 is 1.26 bits per heavy atom. The molecule has 0 radical (unpaired) electrons. The highest BCUT2D eigenvalue weighted by Crippen LogP contribution is 2.17. The third kappa shape index (κ3) is 3.66. The molecule has 0 fully saturated rings. The number of nitrogens with zero attached hydrogens (tertiary/aromatic N) is 1. The first-order valence-corrected chi connectivity index (χ1v) is 5.83. The Kier molecular flexibility index (Phi) is 4.30. The van der Waals surface area contributed by atoms with Crippen molar-refractivity contribution in [3.8, 4) is 11.6 Å². The molecular weight excluding hydrogens is 247 g/mol. The molecule has 19 heavy (non-hydrogen) atoms. The summed E-state index contributed by atoms with van der Waals surface area (Å²) in [7, 11) is 1.55. The zero-order valence-electron chi connectivity index (χ0n) is 10.6. The Balaban J connectivity index is 2.07. The van der Waals surface area contributed by atoms with Gasteiger partial charge < -0.3 is 15.2 Å². The molecule has 0 spiro atoms. The second-order valence-electron chi connectivity index (χ2n) is 3.96. The summed E-state index contributed by atoms with van der Waals surface area (Å²) in [5.74, 6) is 0.588. The second kappa shape index (κ2) is 6.15. The molecule has 1 aromatic carbocycles. The molecule has 0 aliphatic heterocycles. The summed E-state index contributed by atoms with van der Waals surface area (Å²) >= 11 is 0. The minimum Gasteiger partial charge on any atom is -0.487 e. The van der Waals surface area contributed by atoms with Crippen LogP contribution in [-0.4, -0.2) is 12.1 Å². The van der Waals surface area contributed by atoms with Crippen molar-refractivity contribution in [1.29, 1.82) is 0 Å². The molecule has 0 unspecified atom stereocenters. The summed E-state index contributed by atoms with van der Waals surface area (Å²) in [6, 6.07) is 9.80. The molecule has 1 heterocycles. The van der Waals surface area contributed by atoms with Crippen molar-refractivity contribution in [2.45, 2.75) is 13.2 Å². The molecule has 4 nitrogen and oxygen atoms in total. The first-order valence-electron chi connectivity index (χ1n) is 5.83. The van der Waals surface area contributed by atoms with Gasteiger partial charge in [-0.05, 0) is 23.8 Å². The predicted octanol–water partition coefficient (Wildman–Crippen LogP) is 2.27. The third-order valence-electron chi connectivity index (χ3n) is 2.54. The number of pyridine rings is 1. The van der Waals surface area contributed by atoms with Gasteiger partial charge in [0.15, 0.2) is 0 Å². The molecule has 2 rings (SSSR count). The van der Waals surface area contributed by atoms with E-state index in [0.29, 0.717) is 22.9 Å². The molecule has 0 aliphatic carbocycles. The summed E-state index contributed by atoms with van der Waals surface area (Å²) in [6.07, 6.45) is 0. The number of aromatic nitrogens is 1. The van der Waals surface area contributed by atoms with E-state index >= 15 is 0 Å². The van der Waals surface area contributed by atoms with Crippen LogP contribution in [0.25, 0.3) is 0 Å². The Morgan fingerprint density at radius 2 is 2.11 bits per heavy atom. The lowest BCUT2D eigenvalue weighted by atomic mass is 10.2. The molecule has 2 N–H and O–H groups in total. The first kappa shape index (κ1) is 13.3. The van der Waals surface area contributed by atoms with Gasteiger partial charge in [-0.15, -0.1) is 0 Å². The van der Waals surface area contributed by atoms with E-state index in [9.17, 15) is 4.39 Å². The van der Waals surface area contributed by atoms with E-state index in [1.807, 2.05) is 12.1 Å². The van der Waals surface area contributed by atoms with Gasteiger partial charge in [0, 0.05) is 18.7 Å². The number of halogens is 1. The molecule has 0 bridgehead atoms. The Labute approximate surface area is 111 Å². The van der Waals surface area contributed by atoms with Gasteiger partial charge in [-0.25, -0.2) is 9.37 Å². The van der Waals surface area contributed by atoms with Gasteiger partial charge in [-0.3, -0.25) is 0 Å². The maximum absolute atomic E-state index is 13.3. The van der Waals surface area contributed by atoms with Crippen LogP contribution in [0.3, 0.4) is 0 Å². The zero-order valence-corrected chi connectivity index (χ0v) is 10.6. The highest BCUT2D eigenvalue weighted by molar-refractivity contribution is 5.29. The molecule has 0 saturated carbocycles. The Morgan fingerprint density at radius 3 is 2.84 bits per heavy atom. The smallest absolute Gasteiger partial charge is 0.213 e. The molecule has 5 heteroatoms. The number of benzene rings is 1. The van der Waals surface area contributed by atoms with Crippen LogP contribution in [0.1, 0.15) is 11.3 Å². The highest BCUT2D eigenvalue weighted by atomic mass is 19.1. The van der Waals surface area contributed by atoms with Crippen molar-refractivity contribution < 1.29 is 13.9 Å². The fourth-order valence-corrected chi connectivity index (χ4v) is 1.63. The number of nitrogens with two attached hydrogens (primary N) is 1. The van der Waals surface area contributed by atoms with E-state index in [2.05, 4.69) is 4.98 Å². The molecule has 1 aromatic heterocycles. The minimum atomic E-state index is -0.364. The molecular formula is C14H15FN2O2. The SMILES string of the molecule is COc1cccc(COc2cc(F)cc(CN)c2)n1. The van der Waals surface area contributed by atoms with Crippen molar-refractivity contribution >= 4 is 0 Å².